The van der Waals surface area contributed by atoms with Crippen LogP contribution in [0.3, 0.4) is 0 Å². The summed E-state index contributed by atoms with van der Waals surface area (Å²) in [6.07, 6.45) is 1.64. The average Bonchev–Trinajstić information content (AvgIpc) is 2.00. The molecule has 0 heterocycles. The van der Waals surface area contributed by atoms with Crippen LogP contribution in [0.1, 0.15) is 33.6 Å². The summed E-state index contributed by atoms with van der Waals surface area (Å²) in [5.41, 5.74) is 0. The van der Waals surface area contributed by atoms with Crippen LogP contribution < -0.4 is 0 Å². The van der Waals surface area contributed by atoms with E-state index in [4.69, 9.17) is 0 Å². The summed E-state index contributed by atoms with van der Waals surface area (Å²) in [5.74, 6) is 0.980. The maximum absolute atomic E-state index is 11.0. The lowest BCUT2D eigenvalue weighted by Gasteiger charge is -2.21. The van der Waals surface area contributed by atoms with Gasteiger partial charge < -0.3 is 4.74 Å². The molecular weight excluding hydrogens is 172 g/mol. The van der Waals surface area contributed by atoms with Gasteiger partial charge in [0.05, 0.1) is 13.5 Å². The third-order valence-corrected chi connectivity index (χ3v) is 3.03. The number of esters is 1. The van der Waals surface area contributed by atoms with Crippen molar-refractivity contribution < 1.29 is 9.53 Å². The Kier molecular flexibility index (Phi) is 5.38. The highest BCUT2D eigenvalue weighted by atomic mass is 32.2. The van der Waals surface area contributed by atoms with Gasteiger partial charge in [-0.2, -0.15) is 11.8 Å². The van der Waals surface area contributed by atoms with Crippen molar-refractivity contribution in [2.24, 2.45) is 0 Å². The molecule has 0 N–H and O–H groups in total. The first-order valence-corrected chi connectivity index (χ1v) is 5.21. The van der Waals surface area contributed by atoms with Crippen molar-refractivity contribution in [1.29, 1.82) is 0 Å². The fourth-order valence-corrected chi connectivity index (χ4v) is 1.83. The van der Waals surface area contributed by atoms with E-state index in [9.17, 15) is 4.79 Å². The predicted octanol–water partition coefficient (Wildman–Crippen LogP) is 2.47. The van der Waals surface area contributed by atoms with Crippen LogP contribution in [-0.4, -0.2) is 23.6 Å². The van der Waals surface area contributed by atoms with Crippen LogP contribution in [-0.2, 0) is 9.53 Å². The minimum atomic E-state index is -0.122. The van der Waals surface area contributed by atoms with Crippen LogP contribution in [0.5, 0.6) is 0 Å². The van der Waals surface area contributed by atoms with Gasteiger partial charge in [0, 0.05) is 4.75 Å². The molecule has 0 unspecified atom stereocenters. The summed E-state index contributed by atoms with van der Waals surface area (Å²) in [5, 5.41) is 0. The van der Waals surface area contributed by atoms with E-state index in [-0.39, 0.29) is 10.7 Å². The maximum atomic E-state index is 11.0. The predicted molar refractivity (Wildman–Crippen MR) is 53.5 cm³/mol. The Morgan fingerprint density at radius 2 is 2.08 bits per heavy atom. The molecule has 0 bridgehead atoms. The minimum absolute atomic E-state index is 0.0170. The second-order valence-corrected chi connectivity index (χ2v) is 5.16. The Hall–Kier alpha value is -0.180. The molecular formula is C9H18O2S. The van der Waals surface area contributed by atoms with Gasteiger partial charge in [-0.15, -0.1) is 0 Å². The molecule has 3 heteroatoms. The van der Waals surface area contributed by atoms with Crippen LogP contribution in [0, 0.1) is 0 Å². The monoisotopic (exact) mass is 190 g/mol. The van der Waals surface area contributed by atoms with Crippen LogP contribution >= 0.6 is 11.8 Å². The molecule has 0 aliphatic rings. The fraction of sp³-hybridized carbons (Fsp3) is 0.889. The average molecular weight is 190 g/mol. The van der Waals surface area contributed by atoms with E-state index in [1.165, 1.54) is 7.11 Å². The Bertz CT molecular complexity index is 143. The van der Waals surface area contributed by atoms with Crippen molar-refractivity contribution >= 4 is 17.7 Å². The quantitative estimate of drug-likeness (QED) is 0.623. The number of methoxy groups -OCH3 is 1. The normalized spacial score (nSPS) is 11.3. The van der Waals surface area contributed by atoms with Crippen molar-refractivity contribution in [2.75, 3.05) is 12.9 Å². The van der Waals surface area contributed by atoms with E-state index in [1.807, 2.05) is 11.8 Å². The highest BCUT2D eigenvalue weighted by molar-refractivity contribution is 8.00. The third kappa shape index (κ3) is 5.47. The molecule has 0 aliphatic heterocycles. The summed E-state index contributed by atoms with van der Waals surface area (Å²) >= 11 is 1.82. The van der Waals surface area contributed by atoms with E-state index in [1.54, 1.807) is 0 Å². The highest BCUT2D eigenvalue weighted by Gasteiger charge is 2.22. The smallest absolute Gasteiger partial charge is 0.306 e. The summed E-state index contributed by atoms with van der Waals surface area (Å²) < 4.78 is 4.63. The number of ether oxygens (including phenoxy) is 1. The number of carbonyl (C=O) groups excluding carboxylic acids is 1. The Labute approximate surface area is 79.1 Å². The van der Waals surface area contributed by atoms with E-state index in [0.717, 1.165) is 12.2 Å². The first kappa shape index (κ1) is 11.8. The van der Waals surface area contributed by atoms with Crippen LogP contribution in [0.25, 0.3) is 0 Å². The van der Waals surface area contributed by atoms with E-state index in [0.29, 0.717) is 6.42 Å². The number of rotatable bonds is 5. The molecule has 0 spiro atoms. The molecule has 0 fully saturated rings. The first-order chi connectivity index (χ1) is 5.52. The van der Waals surface area contributed by atoms with Crippen LogP contribution in [0.4, 0.5) is 0 Å². The lowest BCUT2D eigenvalue weighted by atomic mass is 10.1. The molecule has 0 aromatic heterocycles. The van der Waals surface area contributed by atoms with Crippen molar-refractivity contribution in [1.82, 2.24) is 0 Å². The molecule has 0 atom stereocenters. The Morgan fingerprint density at radius 3 is 2.50 bits per heavy atom. The Balaban J connectivity index is 3.77. The molecule has 0 radical (unpaired) electrons. The SMILES string of the molecule is CCCSC(C)(C)CC(=O)OC. The summed E-state index contributed by atoms with van der Waals surface area (Å²) in [6.45, 7) is 6.29. The van der Waals surface area contributed by atoms with E-state index < -0.39 is 0 Å². The summed E-state index contributed by atoms with van der Waals surface area (Å²) in [7, 11) is 1.43. The lowest BCUT2D eigenvalue weighted by Crippen LogP contribution is -2.21. The molecule has 0 aliphatic carbocycles. The molecule has 0 aromatic rings. The fourth-order valence-electron chi connectivity index (χ4n) is 0.849. The van der Waals surface area contributed by atoms with Crippen molar-refractivity contribution in [2.45, 2.75) is 38.4 Å². The zero-order valence-corrected chi connectivity index (χ0v) is 9.16. The standard InChI is InChI=1S/C9H18O2S/c1-5-6-12-9(2,3)7-8(10)11-4/h5-7H2,1-4H3. The van der Waals surface area contributed by atoms with Crippen molar-refractivity contribution in [3.05, 3.63) is 0 Å². The minimum Gasteiger partial charge on any atom is -0.469 e. The number of hydrogen-bond donors (Lipinski definition) is 0. The lowest BCUT2D eigenvalue weighted by molar-refractivity contribution is -0.141. The van der Waals surface area contributed by atoms with Gasteiger partial charge in [0.15, 0.2) is 0 Å². The molecule has 2 nitrogen and oxygen atoms in total. The van der Waals surface area contributed by atoms with Gasteiger partial charge in [-0.25, -0.2) is 0 Å². The molecule has 0 saturated carbocycles. The molecule has 12 heavy (non-hydrogen) atoms. The van der Waals surface area contributed by atoms with Crippen molar-refractivity contribution in [3.63, 3.8) is 0 Å². The largest absolute Gasteiger partial charge is 0.469 e. The van der Waals surface area contributed by atoms with Gasteiger partial charge in [0.2, 0.25) is 0 Å². The van der Waals surface area contributed by atoms with Gasteiger partial charge in [-0.05, 0) is 12.2 Å². The number of carbonyl (C=O) groups is 1. The van der Waals surface area contributed by atoms with E-state index >= 15 is 0 Å². The van der Waals surface area contributed by atoms with E-state index in [2.05, 4.69) is 25.5 Å². The Morgan fingerprint density at radius 1 is 1.50 bits per heavy atom. The molecule has 0 rings (SSSR count). The number of thioether (sulfide) groups is 1. The maximum Gasteiger partial charge on any atom is 0.306 e. The third-order valence-electron chi connectivity index (χ3n) is 1.49. The van der Waals surface area contributed by atoms with Gasteiger partial charge >= 0.3 is 5.97 Å². The van der Waals surface area contributed by atoms with Gasteiger partial charge in [-0.3, -0.25) is 4.79 Å². The van der Waals surface area contributed by atoms with Gasteiger partial charge in [0.1, 0.15) is 0 Å². The summed E-state index contributed by atoms with van der Waals surface area (Å²) in [6, 6.07) is 0. The van der Waals surface area contributed by atoms with Crippen LogP contribution in [0.15, 0.2) is 0 Å². The van der Waals surface area contributed by atoms with Crippen molar-refractivity contribution in [3.8, 4) is 0 Å². The summed E-state index contributed by atoms with van der Waals surface area (Å²) in [4.78, 5) is 11.0. The zero-order chi connectivity index (χ0) is 9.61. The molecule has 0 amide bonds. The second-order valence-electron chi connectivity index (χ2n) is 3.36. The first-order valence-electron chi connectivity index (χ1n) is 4.22. The molecule has 0 aromatic carbocycles. The van der Waals surface area contributed by atoms with Crippen LogP contribution in [0.2, 0.25) is 0 Å². The topological polar surface area (TPSA) is 26.3 Å². The molecule has 0 saturated heterocycles. The number of hydrogen-bond acceptors (Lipinski definition) is 3. The zero-order valence-electron chi connectivity index (χ0n) is 8.35. The second kappa shape index (κ2) is 5.46. The highest BCUT2D eigenvalue weighted by Crippen LogP contribution is 2.28. The van der Waals surface area contributed by atoms with Gasteiger partial charge in [0.25, 0.3) is 0 Å². The van der Waals surface area contributed by atoms with Gasteiger partial charge in [-0.1, -0.05) is 20.8 Å². The molecule has 72 valence electrons.